The summed E-state index contributed by atoms with van der Waals surface area (Å²) in [5.74, 6) is -0.557. The maximum atomic E-state index is 12.9. The van der Waals surface area contributed by atoms with Crippen molar-refractivity contribution in [1.82, 2.24) is 4.31 Å². The number of nitro benzene ring substituents is 1. The minimum absolute atomic E-state index is 0.0131. The molecule has 0 aromatic heterocycles. The third-order valence-corrected chi connectivity index (χ3v) is 6.47. The first kappa shape index (κ1) is 19.0. The van der Waals surface area contributed by atoms with Crippen LogP contribution in [0.5, 0.6) is 0 Å². The number of benzene rings is 2. The van der Waals surface area contributed by atoms with Crippen LogP contribution in [0.3, 0.4) is 0 Å². The number of nitrogens with zero attached hydrogens (tertiary/aromatic N) is 2. The average Bonchev–Trinajstić information content (AvgIpc) is 3.18. The van der Waals surface area contributed by atoms with Crippen LogP contribution >= 0.6 is 0 Å². The smallest absolute Gasteiger partial charge is 0.324 e. The van der Waals surface area contributed by atoms with Gasteiger partial charge in [-0.2, -0.15) is 4.31 Å². The molecule has 0 aliphatic carbocycles. The van der Waals surface area contributed by atoms with Gasteiger partial charge in [0.2, 0.25) is 10.0 Å². The molecule has 1 aliphatic rings. The van der Waals surface area contributed by atoms with Gasteiger partial charge in [0.1, 0.15) is 6.04 Å². The fourth-order valence-electron chi connectivity index (χ4n) is 3.13. The highest BCUT2D eigenvalue weighted by molar-refractivity contribution is 7.89. The molecule has 1 atom stereocenters. The summed E-state index contributed by atoms with van der Waals surface area (Å²) >= 11 is 0. The molecule has 0 N–H and O–H groups in total. The number of rotatable bonds is 5. The molecule has 1 saturated heterocycles. The molecule has 27 heavy (non-hydrogen) atoms. The van der Waals surface area contributed by atoms with E-state index in [1.807, 2.05) is 0 Å². The molecule has 0 saturated carbocycles. The van der Waals surface area contributed by atoms with Gasteiger partial charge in [0.05, 0.1) is 16.9 Å². The highest BCUT2D eigenvalue weighted by Gasteiger charge is 2.40. The molecule has 0 radical (unpaired) electrons. The molecule has 1 aliphatic heterocycles. The molecule has 8 nitrogen and oxygen atoms in total. The van der Waals surface area contributed by atoms with Gasteiger partial charge in [-0.1, -0.05) is 12.1 Å². The van der Waals surface area contributed by atoms with Gasteiger partial charge in [-0.15, -0.1) is 0 Å². The van der Waals surface area contributed by atoms with Crippen LogP contribution in [0.15, 0.2) is 53.4 Å². The van der Waals surface area contributed by atoms with E-state index < -0.39 is 27.0 Å². The lowest BCUT2D eigenvalue weighted by Gasteiger charge is -2.22. The first-order valence-corrected chi connectivity index (χ1v) is 9.73. The fourth-order valence-corrected chi connectivity index (χ4v) is 4.78. The number of hydrogen-bond acceptors (Lipinski definition) is 6. The zero-order chi connectivity index (χ0) is 19.6. The number of methoxy groups -OCH3 is 1. The number of carbonyl (C=O) groups excluding carboxylic acids is 1. The predicted molar refractivity (Wildman–Crippen MR) is 97.5 cm³/mol. The van der Waals surface area contributed by atoms with Crippen molar-refractivity contribution in [3.8, 4) is 11.1 Å². The Hall–Kier alpha value is -2.78. The minimum atomic E-state index is -3.82. The van der Waals surface area contributed by atoms with Crippen molar-refractivity contribution in [2.24, 2.45) is 0 Å². The molecule has 2 aromatic rings. The fraction of sp³-hybridized carbons (Fsp3) is 0.278. The van der Waals surface area contributed by atoms with Gasteiger partial charge >= 0.3 is 5.97 Å². The van der Waals surface area contributed by atoms with Gasteiger partial charge < -0.3 is 4.74 Å². The largest absolute Gasteiger partial charge is 0.468 e. The lowest BCUT2D eigenvalue weighted by molar-refractivity contribution is -0.384. The van der Waals surface area contributed by atoms with Gasteiger partial charge in [-0.25, -0.2) is 8.42 Å². The number of ether oxygens (including phenoxy) is 1. The molecule has 0 spiro atoms. The SMILES string of the molecule is COC(=O)[C@H]1CCCN1S(=O)(=O)c1ccc(-c2ccc([N+](=O)[O-])cc2)cc1. The van der Waals surface area contributed by atoms with E-state index >= 15 is 0 Å². The number of non-ortho nitro benzene ring substituents is 1. The maximum Gasteiger partial charge on any atom is 0.324 e. The second-order valence-electron chi connectivity index (χ2n) is 6.13. The van der Waals surface area contributed by atoms with Gasteiger partial charge in [-0.05, 0) is 48.2 Å². The molecular weight excluding hydrogens is 372 g/mol. The Morgan fingerprint density at radius 1 is 1.11 bits per heavy atom. The van der Waals surface area contributed by atoms with Crippen LogP contribution in [0.4, 0.5) is 5.69 Å². The molecule has 0 amide bonds. The van der Waals surface area contributed by atoms with Crippen molar-refractivity contribution in [3.63, 3.8) is 0 Å². The van der Waals surface area contributed by atoms with Gasteiger partial charge in [0.25, 0.3) is 5.69 Å². The topological polar surface area (TPSA) is 107 Å². The Morgan fingerprint density at radius 3 is 2.19 bits per heavy atom. The Bertz CT molecular complexity index is 954. The van der Waals surface area contributed by atoms with Crippen molar-refractivity contribution in [1.29, 1.82) is 0 Å². The molecule has 9 heteroatoms. The van der Waals surface area contributed by atoms with Gasteiger partial charge in [-0.3, -0.25) is 14.9 Å². The zero-order valence-electron chi connectivity index (χ0n) is 14.6. The Balaban J connectivity index is 1.86. The molecule has 1 heterocycles. The maximum absolute atomic E-state index is 12.9. The van der Waals surface area contributed by atoms with E-state index in [4.69, 9.17) is 4.74 Å². The van der Waals surface area contributed by atoms with Crippen LogP contribution in [-0.4, -0.2) is 43.3 Å². The zero-order valence-corrected chi connectivity index (χ0v) is 15.4. The molecule has 0 bridgehead atoms. The van der Waals surface area contributed by atoms with Crippen LogP contribution in [0, 0.1) is 10.1 Å². The van der Waals surface area contributed by atoms with E-state index in [0.717, 1.165) is 11.1 Å². The van der Waals surface area contributed by atoms with E-state index in [-0.39, 0.29) is 17.1 Å². The number of sulfonamides is 1. The van der Waals surface area contributed by atoms with E-state index in [2.05, 4.69) is 0 Å². The van der Waals surface area contributed by atoms with Crippen molar-refractivity contribution < 1.29 is 22.9 Å². The van der Waals surface area contributed by atoms with Gasteiger partial charge in [0.15, 0.2) is 0 Å². The van der Waals surface area contributed by atoms with Gasteiger partial charge in [0, 0.05) is 18.7 Å². The second-order valence-corrected chi connectivity index (χ2v) is 8.02. The first-order chi connectivity index (χ1) is 12.8. The summed E-state index contributed by atoms with van der Waals surface area (Å²) in [5, 5.41) is 10.7. The number of carbonyl (C=O) groups is 1. The quantitative estimate of drug-likeness (QED) is 0.441. The molecular formula is C18H18N2O6S. The summed E-state index contributed by atoms with van der Waals surface area (Å²) in [6.45, 7) is 0.270. The summed E-state index contributed by atoms with van der Waals surface area (Å²) in [7, 11) is -2.58. The summed E-state index contributed by atoms with van der Waals surface area (Å²) in [6, 6.07) is 11.4. The van der Waals surface area contributed by atoms with Crippen LogP contribution in [0.2, 0.25) is 0 Å². The van der Waals surface area contributed by atoms with Crippen molar-refractivity contribution in [3.05, 3.63) is 58.6 Å². The van der Waals surface area contributed by atoms with Crippen LogP contribution in [-0.2, 0) is 19.6 Å². The third-order valence-electron chi connectivity index (χ3n) is 4.55. The van der Waals surface area contributed by atoms with E-state index in [9.17, 15) is 23.3 Å². The number of hydrogen-bond donors (Lipinski definition) is 0. The Morgan fingerprint density at radius 2 is 1.67 bits per heavy atom. The summed E-state index contributed by atoms with van der Waals surface area (Å²) in [5.41, 5.74) is 1.45. The highest BCUT2D eigenvalue weighted by atomic mass is 32.2. The normalized spacial score (nSPS) is 17.6. The molecule has 2 aromatic carbocycles. The molecule has 1 fully saturated rings. The molecule has 0 unspecified atom stereocenters. The monoisotopic (exact) mass is 390 g/mol. The second kappa shape index (κ2) is 7.45. The van der Waals surface area contributed by atoms with E-state index in [0.29, 0.717) is 12.8 Å². The standard InChI is InChI=1S/C18H18N2O6S/c1-26-18(21)17-3-2-12-19(17)27(24,25)16-10-6-14(7-11-16)13-4-8-15(9-5-13)20(22)23/h4-11,17H,2-3,12H2,1H3/t17-/m1/s1. The molecule has 3 rings (SSSR count). The van der Waals surface area contributed by atoms with Crippen molar-refractivity contribution in [2.45, 2.75) is 23.8 Å². The summed E-state index contributed by atoms with van der Waals surface area (Å²) < 4.78 is 31.6. The number of esters is 1. The number of nitro groups is 1. The predicted octanol–water partition coefficient (Wildman–Crippen LogP) is 2.59. The van der Waals surface area contributed by atoms with Crippen LogP contribution in [0.25, 0.3) is 11.1 Å². The average molecular weight is 390 g/mol. The Kier molecular flexibility index (Phi) is 5.24. The van der Waals surface area contributed by atoms with E-state index in [1.165, 1.54) is 35.7 Å². The molecule has 142 valence electrons. The van der Waals surface area contributed by atoms with Crippen molar-refractivity contribution in [2.75, 3.05) is 13.7 Å². The lowest BCUT2D eigenvalue weighted by Crippen LogP contribution is -2.40. The minimum Gasteiger partial charge on any atom is -0.468 e. The Labute approximate surface area is 156 Å². The lowest BCUT2D eigenvalue weighted by atomic mass is 10.1. The highest BCUT2D eigenvalue weighted by Crippen LogP contribution is 2.29. The van der Waals surface area contributed by atoms with Crippen LogP contribution < -0.4 is 0 Å². The van der Waals surface area contributed by atoms with Crippen molar-refractivity contribution >= 4 is 21.7 Å². The third kappa shape index (κ3) is 3.69. The van der Waals surface area contributed by atoms with Crippen LogP contribution in [0.1, 0.15) is 12.8 Å². The first-order valence-electron chi connectivity index (χ1n) is 8.29. The summed E-state index contributed by atoms with van der Waals surface area (Å²) in [4.78, 5) is 22.2. The van der Waals surface area contributed by atoms with E-state index in [1.54, 1.807) is 24.3 Å². The summed E-state index contributed by atoms with van der Waals surface area (Å²) in [6.07, 6.45) is 1.03.